The zero-order valence-electron chi connectivity index (χ0n) is 9.07. The Hall–Kier alpha value is -2.02. The van der Waals surface area contributed by atoms with Gasteiger partial charge in [-0.05, 0) is 24.3 Å². The van der Waals surface area contributed by atoms with Crippen molar-refractivity contribution >= 4 is 0 Å². The molecular formula is C11H9F3N2O2. The lowest BCUT2D eigenvalue weighted by atomic mass is 10.2. The lowest BCUT2D eigenvalue weighted by molar-refractivity contribution is -0.137. The van der Waals surface area contributed by atoms with Crippen molar-refractivity contribution in [3.63, 3.8) is 0 Å². The predicted octanol–water partition coefficient (Wildman–Crippen LogP) is 2.94. The summed E-state index contributed by atoms with van der Waals surface area (Å²) in [4.78, 5) is 3.86. The number of hydrogen-bond donors (Lipinski definition) is 1. The number of nitrogens with two attached hydrogens (primary N) is 1. The molecule has 0 saturated carbocycles. The maximum absolute atomic E-state index is 12.3. The van der Waals surface area contributed by atoms with E-state index >= 15 is 0 Å². The number of nitrogens with zero attached hydrogens (tertiary/aromatic N) is 1. The number of rotatable bonds is 3. The molecule has 0 aliphatic rings. The number of benzene rings is 1. The molecule has 0 fully saturated rings. The lowest BCUT2D eigenvalue weighted by Gasteiger charge is -2.06. The summed E-state index contributed by atoms with van der Waals surface area (Å²) in [6.07, 6.45) is -3.11. The highest BCUT2D eigenvalue weighted by molar-refractivity contribution is 5.30. The first-order valence-corrected chi connectivity index (χ1v) is 4.98. The Morgan fingerprint density at radius 2 is 1.89 bits per heavy atom. The minimum Gasteiger partial charge on any atom is -0.417 e. The molecule has 0 amide bonds. The van der Waals surface area contributed by atoms with Gasteiger partial charge in [0.2, 0.25) is 0 Å². The smallest absolute Gasteiger partial charge is 0.416 e. The van der Waals surface area contributed by atoms with Gasteiger partial charge in [0.05, 0.1) is 11.3 Å². The van der Waals surface area contributed by atoms with Crippen LogP contribution in [0.4, 0.5) is 13.2 Å². The molecule has 0 saturated heterocycles. The highest BCUT2D eigenvalue weighted by atomic mass is 19.4. The third-order valence-electron chi connectivity index (χ3n) is 2.13. The second-order valence-electron chi connectivity index (χ2n) is 3.43. The molecule has 0 aliphatic heterocycles. The van der Waals surface area contributed by atoms with Crippen LogP contribution in [-0.2, 0) is 12.7 Å². The van der Waals surface area contributed by atoms with Crippen LogP contribution in [0.3, 0.4) is 0 Å². The molecule has 96 valence electrons. The summed E-state index contributed by atoms with van der Waals surface area (Å²) in [6, 6.07) is 4.22. The summed E-state index contributed by atoms with van der Waals surface area (Å²) < 4.78 is 47.0. The van der Waals surface area contributed by atoms with E-state index in [4.69, 9.17) is 14.9 Å². The lowest BCUT2D eigenvalue weighted by Crippen LogP contribution is -2.04. The van der Waals surface area contributed by atoms with E-state index in [9.17, 15) is 13.2 Å². The summed E-state index contributed by atoms with van der Waals surface area (Å²) in [5, 5.41) is 0. The van der Waals surface area contributed by atoms with Crippen molar-refractivity contribution < 1.29 is 22.3 Å². The van der Waals surface area contributed by atoms with Gasteiger partial charge in [-0.15, -0.1) is 0 Å². The van der Waals surface area contributed by atoms with E-state index in [2.05, 4.69) is 4.98 Å². The Bertz CT molecular complexity index is 520. The van der Waals surface area contributed by atoms with E-state index in [1.165, 1.54) is 18.4 Å². The van der Waals surface area contributed by atoms with Gasteiger partial charge in [-0.1, -0.05) is 0 Å². The van der Waals surface area contributed by atoms with E-state index in [-0.39, 0.29) is 18.4 Å². The van der Waals surface area contributed by atoms with Gasteiger partial charge in [0, 0.05) is 6.54 Å². The Morgan fingerprint density at radius 3 is 2.39 bits per heavy atom. The molecule has 1 heterocycles. The summed E-state index contributed by atoms with van der Waals surface area (Å²) >= 11 is 0. The molecule has 0 aliphatic carbocycles. The molecule has 0 atom stereocenters. The molecule has 0 unspecified atom stereocenters. The van der Waals surface area contributed by atoms with Gasteiger partial charge < -0.3 is 14.9 Å². The second kappa shape index (κ2) is 4.69. The monoisotopic (exact) mass is 258 g/mol. The van der Waals surface area contributed by atoms with Crippen molar-refractivity contribution in [1.29, 1.82) is 0 Å². The molecule has 2 N–H and O–H groups in total. The molecule has 1 aromatic heterocycles. The molecule has 2 aromatic rings. The third kappa shape index (κ3) is 2.80. The van der Waals surface area contributed by atoms with Crippen LogP contribution in [0.15, 0.2) is 34.9 Å². The van der Waals surface area contributed by atoms with Crippen molar-refractivity contribution in [2.45, 2.75) is 12.7 Å². The fraction of sp³-hybridized carbons (Fsp3) is 0.182. The molecule has 7 heteroatoms. The van der Waals surface area contributed by atoms with E-state index < -0.39 is 11.7 Å². The van der Waals surface area contributed by atoms with Crippen LogP contribution in [0.1, 0.15) is 11.3 Å². The fourth-order valence-electron chi connectivity index (χ4n) is 1.24. The van der Waals surface area contributed by atoms with E-state index in [0.717, 1.165) is 12.1 Å². The summed E-state index contributed by atoms with van der Waals surface area (Å²) in [7, 11) is 0. The van der Waals surface area contributed by atoms with Gasteiger partial charge in [-0.3, -0.25) is 0 Å². The maximum Gasteiger partial charge on any atom is 0.416 e. The van der Waals surface area contributed by atoms with Crippen LogP contribution in [0.5, 0.6) is 11.8 Å². The topological polar surface area (TPSA) is 61.3 Å². The highest BCUT2D eigenvalue weighted by Gasteiger charge is 2.30. The summed E-state index contributed by atoms with van der Waals surface area (Å²) in [6.45, 7) is 0.194. The number of alkyl halides is 3. The van der Waals surface area contributed by atoms with Crippen LogP contribution in [0, 0.1) is 0 Å². The van der Waals surface area contributed by atoms with Gasteiger partial charge in [0.1, 0.15) is 12.0 Å². The molecule has 0 radical (unpaired) electrons. The number of oxazole rings is 1. The van der Waals surface area contributed by atoms with Crippen LogP contribution in [0.25, 0.3) is 0 Å². The fourth-order valence-corrected chi connectivity index (χ4v) is 1.24. The summed E-state index contributed by atoms with van der Waals surface area (Å²) in [5.41, 5.74) is 5.07. The van der Waals surface area contributed by atoms with Gasteiger partial charge >= 0.3 is 12.3 Å². The average molecular weight is 258 g/mol. The summed E-state index contributed by atoms with van der Waals surface area (Å²) in [5.74, 6) is 0.202. The number of aromatic nitrogens is 1. The first-order chi connectivity index (χ1) is 8.49. The van der Waals surface area contributed by atoms with Crippen molar-refractivity contribution in [3.05, 3.63) is 41.8 Å². The van der Waals surface area contributed by atoms with Gasteiger partial charge in [0.25, 0.3) is 0 Å². The highest BCUT2D eigenvalue weighted by Crippen LogP contribution is 2.31. The molecule has 0 bridgehead atoms. The molecular weight excluding hydrogens is 249 g/mol. The molecule has 0 spiro atoms. The van der Waals surface area contributed by atoms with Gasteiger partial charge in [-0.2, -0.15) is 18.2 Å². The van der Waals surface area contributed by atoms with Crippen molar-refractivity contribution in [1.82, 2.24) is 4.98 Å². The van der Waals surface area contributed by atoms with Crippen molar-refractivity contribution in [3.8, 4) is 11.8 Å². The van der Waals surface area contributed by atoms with Crippen LogP contribution < -0.4 is 10.5 Å². The Labute approximate surface area is 100 Å². The third-order valence-corrected chi connectivity index (χ3v) is 2.13. The number of ether oxygens (including phenoxy) is 1. The largest absolute Gasteiger partial charge is 0.417 e. The quantitative estimate of drug-likeness (QED) is 0.919. The molecule has 18 heavy (non-hydrogen) atoms. The van der Waals surface area contributed by atoms with Crippen LogP contribution in [0.2, 0.25) is 0 Å². The van der Waals surface area contributed by atoms with Crippen molar-refractivity contribution in [2.75, 3.05) is 0 Å². The maximum atomic E-state index is 12.3. The Kier molecular flexibility index (Phi) is 3.24. The molecule has 1 aromatic carbocycles. The van der Waals surface area contributed by atoms with Gasteiger partial charge in [-0.25, -0.2) is 0 Å². The minimum atomic E-state index is -4.37. The number of halogens is 3. The van der Waals surface area contributed by atoms with E-state index in [1.807, 2.05) is 0 Å². The zero-order chi connectivity index (χ0) is 13.2. The Morgan fingerprint density at radius 1 is 1.22 bits per heavy atom. The van der Waals surface area contributed by atoms with Crippen LogP contribution >= 0.6 is 0 Å². The standard InChI is InChI=1S/C11H9F3N2O2/c12-11(13,14)7-1-3-9(4-2-7)18-10-16-8(5-15)6-17-10/h1-4,6H,5,15H2. The predicted molar refractivity (Wildman–Crippen MR) is 55.9 cm³/mol. The first kappa shape index (κ1) is 12.4. The van der Waals surface area contributed by atoms with E-state index in [1.54, 1.807) is 0 Å². The van der Waals surface area contributed by atoms with Crippen LogP contribution in [-0.4, -0.2) is 4.98 Å². The SMILES string of the molecule is NCc1coc(Oc2ccc(C(F)(F)F)cc2)n1. The second-order valence-corrected chi connectivity index (χ2v) is 3.43. The minimum absolute atomic E-state index is 0.0600. The van der Waals surface area contributed by atoms with E-state index in [0.29, 0.717) is 5.69 Å². The first-order valence-electron chi connectivity index (χ1n) is 4.98. The number of hydrogen-bond acceptors (Lipinski definition) is 4. The molecule has 2 rings (SSSR count). The molecule has 4 nitrogen and oxygen atoms in total. The van der Waals surface area contributed by atoms with Crippen molar-refractivity contribution in [2.24, 2.45) is 5.73 Å². The normalized spacial score (nSPS) is 11.6. The Balaban J connectivity index is 2.11. The van der Waals surface area contributed by atoms with Gasteiger partial charge in [0.15, 0.2) is 0 Å². The average Bonchev–Trinajstić information content (AvgIpc) is 2.76. The zero-order valence-corrected chi connectivity index (χ0v) is 9.07.